The van der Waals surface area contributed by atoms with Crippen molar-refractivity contribution in [1.82, 2.24) is 4.31 Å². The normalized spacial score (nSPS) is 13.7. The number of hydrogen-bond donors (Lipinski definition) is 0. The summed E-state index contributed by atoms with van der Waals surface area (Å²) in [5.41, 5.74) is 4.86. The van der Waals surface area contributed by atoms with Crippen LogP contribution in [0, 0.1) is 20.8 Å². The molecular weight excluding hydrogens is 376 g/mol. The van der Waals surface area contributed by atoms with Gasteiger partial charge in [-0.2, -0.15) is 0 Å². The monoisotopic (exact) mass is 402 g/mol. The summed E-state index contributed by atoms with van der Waals surface area (Å²) in [5, 5.41) is 0. The molecule has 0 fully saturated rings. The molecule has 0 aliphatic carbocycles. The fourth-order valence-corrected chi connectivity index (χ4v) is 4.33. The van der Waals surface area contributed by atoms with Gasteiger partial charge < -0.3 is 9.64 Å². The highest BCUT2D eigenvalue weighted by Crippen LogP contribution is 2.31. The highest BCUT2D eigenvalue weighted by molar-refractivity contribution is 7.89. The number of anilines is 1. The van der Waals surface area contributed by atoms with Crippen molar-refractivity contribution in [1.29, 1.82) is 0 Å². The molecule has 0 aromatic heterocycles. The van der Waals surface area contributed by atoms with Crippen molar-refractivity contribution in [3.8, 4) is 5.75 Å². The summed E-state index contributed by atoms with van der Waals surface area (Å²) < 4.78 is 31.6. The van der Waals surface area contributed by atoms with Crippen LogP contribution in [0.3, 0.4) is 0 Å². The Kier molecular flexibility index (Phi) is 5.50. The Morgan fingerprint density at radius 1 is 1.14 bits per heavy atom. The van der Waals surface area contributed by atoms with Crippen LogP contribution in [0.4, 0.5) is 5.69 Å². The highest BCUT2D eigenvalue weighted by atomic mass is 32.2. The second kappa shape index (κ2) is 7.56. The first-order valence-electron chi connectivity index (χ1n) is 9.17. The minimum Gasteiger partial charge on any atom is -0.483 e. The summed E-state index contributed by atoms with van der Waals surface area (Å²) in [6, 6.07) is 8.94. The SMILES string of the molecule is Cc1cc(C)c(C)c(OCC(=O)N2CCc3cc(S(=O)(=O)N(C)C)ccc32)c1. The standard InChI is InChI=1S/C21H26N2O4S/c1-14-10-15(2)16(3)20(11-14)27-13-21(24)23-9-8-17-12-18(6-7-19(17)23)28(25,26)22(4)5/h6-7,10-12H,8-9,13H2,1-5H3. The van der Waals surface area contributed by atoms with Gasteiger partial charge in [-0.1, -0.05) is 6.07 Å². The molecule has 0 unspecified atom stereocenters. The molecule has 1 aliphatic rings. The van der Waals surface area contributed by atoms with Crippen LogP contribution in [0.2, 0.25) is 0 Å². The molecule has 0 saturated carbocycles. The van der Waals surface area contributed by atoms with E-state index >= 15 is 0 Å². The van der Waals surface area contributed by atoms with Gasteiger partial charge in [0.1, 0.15) is 5.75 Å². The number of benzene rings is 2. The zero-order valence-electron chi connectivity index (χ0n) is 16.9. The van der Waals surface area contributed by atoms with E-state index < -0.39 is 10.0 Å². The van der Waals surface area contributed by atoms with Gasteiger partial charge in [0.15, 0.2) is 6.61 Å². The molecule has 2 aromatic carbocycles. The number of fused-ring (bicyclic) bond motifs is 1. The molecule has 0 radical (unpaired) electrons. The van der Waals surface area contributed by atoms with E-state index in [0.29, 0.717) is 13.0 Å². The molecular formula is C21H26N2O4S. The lowest BCUT2D eigenvalue weighted by Crippen LogP contribution is -2.33. The second-order valence-electron chi connectivity index (χ2n) is 7.37. The van der Waals surface area contributed by atoms with Crippen LogP contribution in [0.25, 0.3) is 0 Å². The van der Waals surface area contributed by atoms with Crippen molar-refractivity contribution in [3.63, 3.8) is 0 Å². The average molecular weight is 403 g/mol. The number of ether oxygens (including phenoxy) is 1. The Bertz CT molecular complexity index is 1030. The lowest BCUT2D eigenvalue weighted by Gasteiger charge is -2.19. The molecule has 1 heterocycles. The summed E-state index contributed by atoms with van der Waals surface area (Å²) in [7, 11) is -0.481. The van der Waals surface area contributed by atoms with Crippen LogP contribution >= 0.6 is 0 Å². The van der Waals surface area contributed by atoms with E-state index in [-0.39, 0.29) is 17.4 Å². The van der Waals surface area contributed by atoms with E-state index in [9.17, 15) is 13.2 Å². The maximum atomic E-state index is 12.7. The molecule has 0 spiro atoms. The number of nitrogens with zero attached hydrogens (tertiary/aromatic N) is 2. The van der Waals surface area contributed by atoms with Gasteiger partial charge in [0.25, 0.3) is 5.91 Å². The van der Waals surface area contributed by atoms with Gasteiger partial charge in [0.05, 0.1) is 4.90 Å². The van der Waals surface area contributed by atoms with Crippen LogP contribution < -0.4 is 9.64 Å². The van der Waals surface area contributed by atoms with Crippen LogP contribution in [0.15, 0.2) is 35.2 Å². The molecule has 0 bridgehead atoms. The highest BCUT2D eigenvalue weighted by Gasteiger charge is 2.27. The predicted molar refractivity (Wildman–Crippen MR) is 110 cm³/mol. The van der Waals surface area contributed by atoms with Gasteiger partial charge in [0.2, 0.25) is 10.0 Å². The summed E-state index contributed by atoms with van der Waals surface area (Å²) >= 11 is 0. The van der Waals surface area contributed by atoms with E-state index in [0.717, 1.165) is 33.7 Å². The number of rotatable bonds is 5. The maximum absolute atomic E-state index is 12.7. The molecule has 28 heavy (non-hydrogen) atoms. The average Bonchev–Trinajstić information content (AvgIpc) is 3.06. The van der Waals surface area contributed by atoms with E-state index in [1.165, 1.54) is 18.4 Å². The largest absolute Gasteiger partial charge is 0.483 e. The van der Waals surface area contributed by atoms with Gasteiger partial charge in [-0.05, 0) is 73.7 Å². The topological polar surface area (TPSA) is 66.9 Å². The fraction of sp³-hybridized carbons (Fsp3) is 0.381. The number of aryl methyl sites for hydroxylation is 2. The Balaban J connectivity index is 1.76. The molecule has 0 saturated heterocycles. The number of carbonyl (C=O) groups is 1. The third-order valence-corrected chi connectivity index (χ3v) is 6.95. The molecule has 7 heteroatoms. The lowest BCUT2D eigenvalue weighted by atomic mass is 10.1. The smallest absolute Gasteiger partial charge is 0.264 e. The van der Waals surface area contributed by atoms with Crippen LogP contribution in [0.5, 0.6) is 5.75 Å². The van der Waals surface area contributed by atoms with Crippen molar-refractivity contribution in [2.45, 2.75) is 32.1 Å². The Morgan fingerprint density at radius 3 is 2.54 bits per heavy atom. The minimum atomic E-state index is -3.49. The minimum absolute atomic E-state index is 0.0546. The van der Waals surface area contributed by atoms with Crippen LogP contribution in [-0.4, -0.2) is 45.9 Å². The Hall–Kier alpha value is -2.38. The first-order chi connectivity index (χ1) is 13.1. The van der Waals surface area contributed by atoms with E-state index in [1.54, 1.807) is 23.1 Å². The van der Waals surface area contributed by atoms with E-state index in [2.05, 4.69) is 6.07 Å². The van der Waals surface area contributed by atoms with Gasteiger partial charge in [-0.3, -0.25) is 4.79 Å². The number of sulfonamides is 1. The van der Waals surface area contributed by atoms with Crippen molar-refractivity contribution in [2.75, 3.05) is 32.1 Å². The van der Waals surface area contributed by atoms with Gasteiger partial charge in [0, 0.05) is 26.3 Å². The summed E-state index contributed by atoms with van der Waals surface area (Å²) in [6.07, 6.45) is 0.625. The van der Waals surface area contributed by atoms with Crippen molar-refractivity contribution < 1.29 is 17.9 Å². The van der Waals surface area contributed by atoms with Crippen molar-refractivity contribution in [2.24, 2.45) is 0 Å². The molecule has 0 atom stereocenters. The first kappa shape index (κ1) is 20.4. The Labute approximate surface area is 166 Å². The molecule has 2 aromatic rings. The molecule has 3 rings (SSSR count). The molecule has 1 amide bonds. The predicted octanol–water partition coefficient (Wildman–Crippen LogP) is 2.83. The van der Waals surface area contributed by atoms with Gasteiger partial charge in [-0.25, -0.2) is 12.7 Å². The lowest BCUT2D eigenvalue weighted by molar-refractivity contribution is -0.120. The third kappa shape index (κ3) is 3.77. The Morgan fingerprint density at radius 2 is 1.86 bits per heavy atom. The van der Waals surface area contributed by atoms with Crippen molar-refractivity contribution >= 4 is 21.6 Å². The fourth-order valence-electron chi connectivity index (χ4n) is 3.38. The van der Waals surface area contributed by atoms with E-state index in [1.807, 2.05) is 26.8 Å². The first-order valence-corrected chi connectivity index (χ1v) is 10.6. The number of amides is 1. The zero-order valence-corrected chi connectivity index (χ0v) is 17.8. The molecule has 0 N–H and O–H groups in total. The summed E-state index contributed by atoms with van der Waals surface area (Å²) in [5.74, 6) is 0.582. The third-order valence-electron chi connectivity index (χ3n) is 5.14. The van der Waals surface area contributed by atoms with Crippen molar-refractivity contribution in [3.05, 3.63) is 52.6 Å². The molecule has 1 aliphatic heterocycles. The maximum Gasteiger partial charge on any atom is 0.264 e. The number of carbonyl (C=O) groups excluding carboxylic acids is 1. The second-order valence-corrected chi connectivity index (χ2v) is 9.52. The van der Waals surface area contributed by atoms with Gasteiger partial charge in [-0.15, -0.1) is 0 Å². The molecule has 150 valence electrons. The molecule has 6 nitrogen and oxygen atoms in total. The summed E-state index contributed by atoms with van der Waals surface area (Å²) in [6.45, 7) is 6.46. The van der Waals surface area contributed by atoms with Crippen LogP contribution in [-0.2, 0) is 21.2 Å². The zero-order chi connectivity index (χ0) is 20.6. The quantitative estimate of drug-likeness (QED) is 0.771. The number of hydrogen-bond acceptors (Lipinski definition) is 4. The van der Waals surface area contributed by atoms with Crippen LogP contribution in [0.1, 0.15) is 22.3 Å². The summed E-state index contributed by atoms with van der Waals surface area (Å²) in [4.78, 5) is 14.6. The van der Waals surface area contributed by atoms with Gasteiger partial charge >= 0.3 is 0 Å². The van der Waals surface area contributed by atoms with E-state index in [4.69, 9.17) is 4.74 Å².